The van der Waals surface area contributed by atoms with E-state index >= 15 is 0 Å². The number of aromatic nitrogens is 4. The van der Waals surface area contributed by atoms with Gasteiger partial charge in [0.2, 0.25) is 23.7 Å². The minimum absolute atomic E-state index is 0.0654. The van der Waals surface area contributed by atoms with Crippen molar-refractivity contribution in [3.8, 4) is 0 Å². The zero-order chi connectivity index (χ0) is 31.7. The minimum atomic E-state index is -5.16. The second-order valence-corrected chi connectivity index (χ2v) is 13.4. The Morgan fingerprint density at radius 1 is 1.20 bits per heavy atom. The molecule has 2 fully saturated rings. The number of aliphatic hydroxyl groups is 2. The van der Waals surface area contributed by atoms with Gasteiger partial charge in [-0.3, -0.25) is 32.8 Å². The fraction of sp³-hybridized carbons (Fsp3) is 0.450. The second kappa shape index (κ2) is 9.18. The van der Waals surface area contributed by atoms with Crippen molar-refractivity contribution in [1.29, 1.82) is 0 Å². The highest BCUT2D eigenvalue weighted by Gasteiger charge is 2.93. The number of aliphatic hydroxyl groups excluding tert-OH is 1. The largest absolute Gasteiger partial charge is 0.527 e. The zero-order valence-electron chi connectivity index (χ0n) is 22.4. The molecule has 8 rings (SSSR count). The number of nitrogens with one attached hydrogen (secondary N) is 2. The Morgan fingerprint density at radius 2 is 2.00 bits per heavy atom. The Labute approximate surface area is 249 Å². The first kappa shape index (κ1) is 28.7. The van der Waals surface area contributed by atoms with Crippen LogP contribution in [-0.2, 0) is 43.2 Å². The van der Waals surface area contributed by atoms with Gasteiger partial charge in [-0.2, -0.15) is 9.98 Å². The number of phosphoric acid groups is 2. The Morgan fingerprint density at radius 3 is 2.80 bits per heavy atom. The van der Waals surface area contributed by atoms with Crippen LogP contribution in [-0.4, -0.2) is 95.3 Å². The first-order valence-corrected chi connectivity index (χ1v) is 16.0. The lowest BCUT2D eigenvalue weighted by atomic mass is 10.1. The number of imidazole rings is 1. The number of nitrogen functional groups attached to an aromatic ring is 1. The first-order valence-electron chi connectivity index (χ1n) is 13.0. The fourth-order valence-corrected chi connectivity index (χ4v) is 7.70. The van der Waals surface area contributed by atoms with E-state index in [-0.39, 0.29) is 30.0 Å². The van der Waals surface area contributed by atoms with Gasteiger partial charge < -0.3 is 45.9 Å². The summed E-state index contributed by atoms with van der Waals surface area (Å²) in [7, 11) is -10.2. The monoisotopic (exact) mass is 673 g/mol. The number of aliphatic imine (C=N–C) groups is 2. The van der Waals surface area contributed by atoms with Crippen LogP contribution in [0.3, 0.4) is 0 Å². The number of hydrogen-bond acceptors (Lipinski definition) is 18. The van der Waals surface area contributed by atoms with E-state index in [4.69, 9.17) is 39.0 Å². The molecule has 45 heavy (non-hydrogen) atoms. The summed E-state index contributed by atoms with van der Waals surface area (Å²) in [5, 5.41) is 25.7. The molecule has 7 unspecified atom stereocenters. The Bertz CT molecular complexity index is 1910. The smallest absolute Gasteiger partial charge is 0.431 e. The van der Waals surface area contributed by atoms with E-state index in [1.165, 1.54) is 10.9 Å². The molecule has 9 atom stereocenters. The van der Waals surface area contributed by atoms with Crippen LogP contribution in [0.15, 0.2) is 32.6 Å². The van der Waals surface area contributed by atoms with Crippen LogP contribution in [0.1, 0.15) is 11.9 Å². The molecule has 6 aliphatic rings. The topological polar surface area (TPSA) is 323 Å². The molecule has 0 aliphatic carbocycles. The average molecular weight is 673 g/mol. The number of guanidine groups is 1. The molecule has 23 nitrogen and oxygen atoms in total. The van der Waals surface area contributed by atoms with Crippen LogP contribution in [0.2, 0.25) is 0 Å². The number of H-pyrrole nitrogens is 1. The highest BCUT2D eigenvalue weighted by atomic mass is 31.2. The number of nitrogens with two attached hydrogens (primary N) is 2. The van der Waals surface area contributed by atoms with E-state index in [0.29, 0.717) is 11.5 Å². The van der Waals surface area contributed by atoms with Crippen LogP contribution in [0.25, 0.3) is 0 Å². The summed E-state index contributed by atoms with van der Waals surface area (Å²) in [5.74, 6) is -1.28. The van der Waals surface area contributed by atoms with Gasteiger partial charge in [-0.1, -0.05) is 0 Å². The molecule has 0 bridgehead atoms. The van der Waals surface area contributed by atoms with Gasteiger partial charge >= 0.3 is 27.6 Å². The number of aromatic amines is 1. The van der Waals surface area contributed by atoms with Crippen molar-refractivity contribution in [2.24, 2.45) is 15.7 Å². The molecule has 0 radical (unpaired) electrons. The molecule has 0 saturated carbocycles. The maximum absolute atomic E-state index is 13.2. The van der Waals surface area contributed by atoms with Crippen LogP contribution < -0.4 is 26.8 Å². The number of fused-ring (bicyclic) bond motifs is 8. The number of phosphoric ester groups is 2. The van der Waals surface area contributed by atoms with Gasteiger partial charge in [0, 0.05) is 0 Å². The van der Waals surface area contributed by atoms with E-state index < -0.39 is 86.9 Å². The lowest BCUT2D eigenvalue weighted by Gasteiger charge is -2.26. The molecular weight excluding hydrogens is 650 g/mol. The van der Waals surface area contributed by atoms with E-state index in [2.05, 4.69) is 30.3 Å². The number of quaternary nitrogens is 1. The predicted molar refractivity (Wildman–Crippen MR) is 145 cm³/mol. The minimum Gasteiger partial charge on any atom is -0.431 e. The van der Waals surface area contributed by atoms with E-state index in [1.807, 2.05) is 0 Å². The molecule has 6 aliphatic heterocycles. The fourth-order valence-electron chi connectivity index (χ4n) is 5.93. The van der Waals surface area contributed by atoms with Crippen LogP contribution in [0.5, 0.6) is 0 Å². The predicted octanol–water partition coefficient (Wildman–Crippen LogP) is -2.35. The summed E-state index contributed by atoms with van der Waals surface area (Å²) in [6.45, 7) is -1.62. The summed E-state index contributed by atoms with van der Waals surface area (Å²) < 4.78 is 59.2. The van der Waals surface area contributed by atoms with Crippen molar-refractivity contribution < 1.29 is 56.7 Å². The molecule has 8 heterocycles. The average Bonchev–Trinajstić information content (AvgIpc) is 3.47. The van der Waals surface area contributed by atoms with Crippen molar-refractivity contribution in [1.82, 2.24) is 24.0 Å². The Balaban J connectivity index is 1.11. The third kappa shape index (κ3) is 4.01. The van der Waals surface area contributed by atoms with Crippen molar-refractivity contribution in [3.63, 3.8) is 0 Å². The molecule has 2 saturated heterocycles. The van der Waals surface area contributed by atoms with Crippen LogP contribution in [0.4, 0.5) is 23.3 Å². The highest BCUT2D eigenvalue weighted by molar-refractivity contribution is 7.47. The standard InChI is InChI=1S/C20H22N10O13P2/c21-18-23-1-6-13(26-18)29(4-24-6)16-10(31)11-7(40-16)2-38-45(36,37)43-12-8(3-39-44(34,35)42-11)41-17-20(12,33)30(17)5-25-9-14(30)27-19(22)28-15(9)32/h4-5,7,10-11,16-17,31,33H,1-3H2,(H7-,21,22,23,26,27,28,32,34,35,36,37)/p+1/t7-,10?,11?,16-,17?,20?,30?/m1/s1. The third-order valence-electron chi connectivity index (χ3n) is 7.99. The third-order valence-corrected chi connectivity index (χ3v) is 9.84. The zero-order valence-corrected chi connectivity index (χ0v) is 24.1. The lowest BCUT2D eigenvalue weighted by Crippen LogP contribution is -2.39. The quantitative estimate of drug-likeness (QED) is 0.0892. The SMILES string of the molecule is NC1=NCc2ncn([C@@H]3O[C@@H]4COP(=O)(O)OC5=C(COP(=O)(O)OC4C3O)OC3C5(O)[N+]34C=Nc3c4nc(N)[nH]c3=O)c2N1. The van der Waals surface area contributed by atoms with Crippen molar-refractivity contribution in [2.45, 2.75) is 43.0 Å². The van der Waals surface area contributed by atoms with Gasteiger partial charge in [0.05, 0.1) is 19.5 Å². The number of hydrogen-bond donors (Lipinski definition) is 8. The van der Waals surface area contributed by atoms with Gasteiger partial charge in [0.25, 0.3) is 11.4 Å². The molecule has 10 N–H and O–H groups in total. The number of nitrogens with zero attached hydrogens (tertiary/aromatic N) is 6. The molecule has 2 aromatic heterocycles. The molecule has 0 aromatic carbocycles. The molecule has 1 spiro atoms. The molecule has 2 aromatic rings. The van der Waals surface area contributed by atoms with Gasteiger partial charge in [0.1, 0.15) is 36.4 Å². The van der Waals surface area contributed by atoms with Crippen molar-refractivity contribution in [2.75, 3.05) is 24.3 Å². The molecule has 0 amide bonds. The van der Waals surface area contributed by atoms with Gasteiger partial charge in [-0.15, -0.1) is 4.48 Å². The van der Waals surface area contributed by atoms with E-state index in [9.17, 15) is 33.9 Å². The Hall–Kier alpha value is -3.73. The number of rotatable bonds is 1. The summed E-state index contributed by atoms with van der Waals surface area (Å²) in [6.07, 6.45) is -5.06. The number of ether oxygens (including phenoxy) is 2. The molecule has 25 heteroatoms. The summed E-state index contributed by atoms with van der Waals surface area (Å²) >= 11 is 0. The van der Waals surface area contributed by atoms with Gasteiger partial charge in [0.15, 0.2) is 17.9 Å². The summed E-state index contributed by atoms with van der Waals surface area (Å²) in [4.78, 5) is 52.2. The normalized spacial score (nSPS) is 41.3. The van der Waals surface area contributed by atoms with E-state index in [1.54, 1.807) is 0 Å². The van der Waals surface area contributed by atoms with E-state index in [0.717, 1.165) is 6.34 Å². The Kier molecular flexibility index (Phi) is 5.86. The molecular formula is C20H23N10O13P2+. The van der Waals surface area contributed by atoms with Gasteiger partial charge in [-0.05, 0) is 0 Å². The second-order valence-electron chi connectivity index (χ2n) is 10.6. The lowest BCUT2D eigenvalue weighted by molar-refractivity contribution is -0.0524. The highest BCUT2D eigenvalue weighted by Crippen LogP contribution is 2.67. The van der Waals surface area contributed by atoms with Crippen molar-refractivity contribution >= 4 is 51.2 Å². The maximum atomic E-state index is 13.2. The van der Waals surface area contributed by atoms with Crippen LogP contribution in [0, 0.1) is 0 Å². The number of anilines is 2. The van der Waals surface area contributed by atoms with Gasteiger partial charge in [-0.25, -0.2) is 19.1 Å². The summed E-state index contributed by atoms with van der Waals surface area (Å²) in [6, 6.07) is 0. The maximum Gasteiger partial charge on any atom is 0.527 e. The first-order chi connectivity index (χ1) is 21.2. The van der Waals surface area contributed by atoms with Crippen LogP contribution >= 0.6 is 15.6 Å². The molecule has 240 valence electrons. The summed E-state index contributed by atoms with van der Waals surface area (Å²) in [5.41, 5.74) is 8.62. The van der Waals surface area contributed by atoms with Crippen molar-refractivity contribution in [3.05, 3.63) is 33.9 Å².